The number of nitrogens with one attached hydrogen (secondary N) is 10. The van der Waals surface area contributed by atoms with Gasteiger partial charge in [0.25, 0.3) is 0 Å². The minimum atomic E-state index is -1.79. The van der Waals surface area contributed by atoms with Crippen molar-refractivity contribution in [3.05, 3.63) is 71.9 Å². The van der Waals surface area contributed by atoms with Crippen LogP contribution in [0, 0.1) is 23.7 Å². The Hall–Kier alpha value is -8.42. The number of fused-ring (bicyclic) bond motifs is 1. The molecule has 2 heterocycles. The number of benzene rings is 2. The number of aliphatic carboxylic acids is 2. The highest BCUT2D eigenvalue weighted by atomic mass is 16.4. The standard InChI is InChI=1S/C59H86N12O14/c1-11-33(8)49(57(82)63-35(10)59(84)85)70-56(81)48(32(6)7)69-53(78)40(24-30(2)3)64-50(75)34(9)62-54(79)44-22-17-23-71(44)58(83)43(27-46(73)74)67-52(77)42(26-37-29-61-39-21-16-15-20-38(37)39)65-51(76)41(25-36-18-13-12-14-19-36)66-55(80)47(31(4)5)68-45(72)28-60/h12-16,18-21,29-35,40-44,47-49,61H,11,17,22-28,60H2,1-10H3,(H,62,79)(H,63,82)(H,64,75)(H,65,76)(H,66,80)(H,67,77)(H,68,72)(H,69,78)(H,70,81)(H,73,74)(H,84,85)/t33?,34-,35-,40-,41-,42-,43-,44-,47-,48-,49-/m0/s1. The van der Waals surface area contributed by atoms with Crippen molar-refractivity contribution in [3.63, 3.8) is 0 Å². The molecule has 0 saturated carbocycles. The lowest BCUT2D eigenvalue weighted by Crippen LogP contribution is -2.61. The number of amides is 10. The first-order valence-electron chi connectivity index (χ1n) is 28.8. The van der Waals surface area contributed by atoms with E-state index < -0.39 is 162 Å². The summed E-state index contributed by atoms with van der Waals surface area (Å²) in [5.74, 6) is -12.2. The van der Waals surface area contributed by atoms with Crippen LogP contribution >= 0.6 is 0 Å². The van der Waals surface area contributed by atoms with E-state index in [4.69, 9.17) is 5.73 Å². The van der Waals surface area contributed by atoms with E-state index in [1.54, 1.807) is 116 Å². The summed E-state index contributed by atoms with van der Waals surface area (Å²) in [6, 6.07) is 2.70. The number of para-hydroxylation sites is 1. The van der Waals surface area contributed by atoms with Crippen molar-refractivity contribution in [2.24, 2.45) is 29.4 Å². The minimum Gasteiger partial charge on any atom is -0.481 e. The third-order valence-corrected chi connectivity index (χ3v) is 14.8. The second-order valence-electron chi connectivity index (χ2n) is 22.8. The third kappa shape index (κ3) is 20.4. The van der Waals surface area contributed by atoms with E-state index in [1.165, 1.54) is 13.8 Å². The van der Waals surface area contributed by atoms with Gasteiger partial charge in [-0.05, 0) is 74.0 Å². The molecule has 0 spiro atoms. The van der Waals surface area contributed by atoms with Crippen LogP contribution in [-0.4, -0.2) is 165 Å². The summed E-state index contributed by atoms with van der Waals surface area (Å²) in [7, 11) is 0. The Kier molecular flexibility index (Phi) is 26.5. The topological polar surface area (TPSA) is 399 Å². The normalized spacial score (nSPS) is 16.7. The summed E-state index contributed by atoms with van der Waals surface area (Å²) in [4.78, 5) is 167. The molecule has 26 heteroatoms. The van der Waals surface area contributed by atoms with Crippen LogP contribution in [0.3, 0.4) is 0 Å². The molecule has 0 radical (unpaired) electrons. The lowest BCUT2D eigenvalue weighted by atomic mass is 9.95. The van der Waals surface area contributed by atoms with Crippen molar-refractivity contribution in [3.8, 4) is 0 Å². The number of carboxylic acids is 2. The van der Waals surface area contributed by atoms with Crippen molar-refractivity contribution in [1.29, 1.82) is 0 Å². The number of rotatable bonds is 32. The number of aromatic nitrogens is 1. The molecule has 0 bridgehead atoms. The third-order valence-electron chi connectivity index (χ3n) is 14.8. The first-order chi connectivity index (χ1) is 40.1. The summed E-state index contributed by atoms with van der Waals surface area (Å²) < 4.78 is 0. The van der Waals surface area contributed by atoms with Gasteiger partial charge >= 0.3 is 11.9 Å². The molecule has 1 aromatic heterocycles. The van der Waals surface area contributed by atoms with Crippen LogP contribution in [0.4, 0.5) is 0 Å². The van der Waals surface area contributed by atoms with Gasteiger partial charge in [0.05, 0.1) is 13.0 Å². The minimum absolute atomic E-state index is 0.0472. The molecule has 85 heavy (non-hydrogen) atoms. The van der Waals surface area contributed by atoms with Crippen molar-refractivity contribution in [2.45, 2.75) is 175 Å². The molecule has 3 aromatic rings. The first-order valence-corrected chi connectivity index (χ1v) is 28.8. The number of H-pyrrole nitrogens is 1. The van der Waals surface area contributed by atoms with Crippen LogP contribution in [-0.2, 0) is 70.4 Å². The lowest BCUT2D eigenvalue weighted by molar-refractivity contribution is -0.146. The zero-order chi connectivity index (χ0) is 63.4. The Balaban J connectivity index is 1.55. The number of carbonyl (C=O) groups is 12. The second kappa shape index (κ2) is 32.6. The van der Waals surface area contributed by atoms with Crippen molar-refractivity contribution < 1.29 is 67.7 Å². The lowest BCUT2D eigenvalue weighted by Gasteiger charge is -2.31. The maximum atomic E-state index is 14.7. The zero-order valence-electron chi connectivity index (χ0n) is 50.0. The number of nitrogens with two attached hydrogens (primary N) is 1. The van der Waals surface area contributed by atoms with Crippen molar-refractivity contribution in [2.75, 3.05) is 13.1 Å². The van der Waals surface area contributed by atoms with Gasteiger partial charge < -0.3 is 73.7 Å². The SMILES string of the molecule is CCC(C)[C@H](NC(=O)[C@@H](NC(=O)[C@H](CC(C)C)NC(=O)[C@H](C)NC(=O)[C@@H]1CCCN1C(=O)[C@H](CC(=O)O)NC(=O)[C@H](Cc1c[nH]c2ccccc12)NC(=O)[C@H](Cc1ccccc1)NC(=O)[C@@H](NC(=O)CN)C(C)C)C(C)C)C(=O)N[C@@H](C)C(=O)O. The molecule has 1 aliphatic rings. The second-order valence-corrected chi connectivity index (χ2v) is 22.8. The van der Waals surface area contributed by atoms with Gasteiger partial charge in [-0.1, -0.05) is 110 Å². The van der Waals surface area contributed by atoms with Gasteiger partial charge in [0.15, 0.2) is 0 Å². The smallest absolute Gasteiger partial charge is 0.325 e. The highest BCUT2D eigenvalue weighted by Crippen LogP contribution is 2.22. The molecular weight excluding hydrogens is 1100 g/mol. The van der Waals surface area contributed by atoms with E-state index >= 15 is 0 Å². The quantitative estimate of drug-likeness (QED) is 0.0399. The average Bonchev–Trinajstić information content (AvgIpc) is 3.48. The van der Waals surface area contributed by atoms with E-state index in [-0.39, 0.29) is 44.6 Å². The van der Waals surface area contributed by atoms with Crippen LogP contribution in [0.25, 0.3) is 10.9 Å². The van der Waals surface area contributed by atoms with Crippen LogP contribution < -0.4 is 53.6 Å². The Labute approximate surface area is 494 Å². The molecule has 1 aliphatic heterocycles. The Morgan fingerprint density at radius 3 is 1.71 bits per heavy atom. The Bertz CT molecular complexity index is 2860. The summed E-state index contributed by atoms with van der Waals surface area (Å²) in [6.07, 6.45) is 1.30. The molecule has 1 unspecified atom stereocenters. The van der Waals surface area contributed by atoms with Crippen molar-refractivity contribution in [1.82, 2.24) is 57.7 Å². The zero-order valence-corrected chi connectivity index (χ0v) is 50.0. The van der Waals surface area contributed by atoms with E-state index in [0.29, 0.717) is 28.5 Å². The van der Waals surface area contributed by atoms with E-state index in [0.717, 1.165) is 4.90 Å². The molecule has 11 atom stereocenters. The molecule has 466 valence electrons. The highest BCUT2D eigenvalue weighted by molar-refractivity contribution is 6.00. The highest BCUT2D eigenvalue weighted by Gasteiger charge is 2.41. The Morgan fingerprint density at radius 1 is 0.588 bits per heavy atom. The van der Waals surface area contributed by atoms with Crippen LogP contribution in [0.2, 0.25) is 0 Å². The molecule has 14 N–H and O–H groups in total. The summed E-state index contributed by atoms with van der Waals surface area (Å²) in [6.45, 7) is 16.0. The Morgan fingerprint density at radius 2 is 1.12 bits per heavy atom. The number of carbonyl (C=O) groups excluding carboxylic acids is 10. The number of carboxylic acid groups (broad SMARTS) is 2. The fraction of sp³-hybridized carbons (Fsp3) is 0.559. The molecule has 10 amide bonds. The fourth-order valence-electron chi connectivity index (χ4n) is 9.71. The largest absolute Gasteiger partial charge is 0.481 e. The first kappa shape index (κ1) is 69.1. The summed E-state index contributed by atoms with van der Waals surface area (Å²) in [5.41, 5.74) is 7.41. The molecule has 4 rings (SSSR count). The predicted molar refractivity (Wildman–Crippen MR) is 313 cm³/mol. The molecule has 2 aromatic carbocycles. The van der Waals surface area contributed by atoms with Gasteiger partial charge in [-0.2, -0.15) is 0 Å². The molecule has 0 aliphatic carbocycles. The predicted octanol–water partition coefficient (Wildman–Crippen LogP) is 0.269. The van der Waals surface area contributed by atoms with Crippen LogP contribution in [0.5, 0.6) is 0 Å². The average molecular weight is 1190 g/mol. The van der Waals surface area contributed by atoms with E-state index in [1.807, 2.05) is 0 Å². The van der Waals surface area contributed by atoms with Crippen LogP contribution in [0.15, 0.2) is 60.8 Å². The van der Waals surface area contributed by atoms with E-state index in [2.05, 4.69) is 52.8 Å². The maximum Gasteiger partial charge on any atom is 0.325 e. The summed E-state index contributed by atoms with van der Waals surface area (Å²) in [5, 5.41) is 43.7. The number of hydrogen-bond donors (Lipinski definition) is 13. The fourth-order valence-corrected chi connectivity index (χ4v) is 9.71. The monoisotopic (exact) mass is 1190 g/mol. The molecular formula is C59H86N12O14. The maximum absolute atomic E-state index is 14.7. The molecule has 1 fully saturated rings. The number of nitrogens with zero attached hydrogens (tertiary/aromatic N) is 1. The van der Waals surface area contributed by atoms with Gasteiger partial charge in [0, 0.05) is 36.5 Å². The van der Waals surface area contributed by atoms with Crippen molar-refractivity contribution >= 4 is 81.9 Å². The van der Waals surface area contributed by atoms with Crippen LogP contribution in [0.1, 0.15) is 112 Å². The molecule has 1 saturated heterocycles. The number of likely N-dealkylation sites (tertiary alicyclic amines) is 1. The number of hydrogen-bond acceptors (Lipinski definition) is 13. The van der Waals surface area contributed by atoms with Gasteiger partial charge in [0.2, 0.25) is 59.1 Å². The molecule has 26 nitrogen and oxygen atoms in total. The van der Waals surface area contributed by atoms with Gasteiger partial charge in [-0.15, -0.1) is 0 Å². The summed E-state index contributed by atoms with van der Waals surface area (Å²) >= 11 is 0. The van der Waals surface area contributed by atoms with Gasteiger partial charge in [-0.25, -0.2) is 0 Å². The van der Waals surface area contributed by atoms with E-state index in [9.17, 15) is 67.7 Å². The van der Waals surface area contributed by atoms with Gasteiger partial charge in [0.1, 0.15) is 60.4 Å². The van der Waals surface area contributed by atoms with Gasteiger partial charge in [-0.3, -0.25) is 57.5 Å². The number of aromatic amines is 1.